The second kappa shape index (κ2) is 5.69. The van der Waals surface area contributed by atoms with Crippen molar-refractivity contribution < 1.29 is 4.42 Å². The summed E-state index contributed by atoms with van der Waals surface area (Å²) in [5, 5.41) is 3.39. The predicted octanol–water partition coefficient (Wildman–Crippen LogP) is 3.23. The molecule has 0 aliphatic heterocycles. The van der Waals surface area contributed by atoms with E-state index in [4.69, 9.17) is 4.42 Å². The summed E-state index contributed by atoms with van der Waals surface area (Å²) in [6, 6.07) is 12.7. The summed E-state index contributed by atoms with van der Waals surface area (Å²) in [5.41, 5.74) is 2.71. The van der Waals surface area contributed by atoms with Crippen molar-refractivity contribution in [2.24, 2.45) is 0 Å². The van der Waals surface area contributed by atoms with Gasteiger partial charge in [0, 0.05) is 0 Å². The normalized spacial score (nSPS) is 10.7. The SMILES string of the molecule is Cc1cccc(CCNCc2ccc(C)o2)c1. The Morgan fingerprint density at radius 1 is 1.12 bits per heavy atom. The Hall–Kier alpha value is -1.54. The Kier molecular flexibility index (Phi) is 3.99. The van der Waals surface area contributed by atoms with Crippen LogP contribution in [-0.4, -0.2) is 6.54 Å². The van der Waals surface area contributed by atoms with E-state index in [2.05, 4.69) is 36.5 Å². The van der Waals surface area contributed by atoms with Gasteiger partial charge in [-0.1, -0.05) is 29.8 Å². The number of nitrogens with one attached hydrogen (secondary N) is 1. The third-order valence-corrected chi connectivity index (χ3v) is 2.77. The molecule has 90 valence electrons. The predicted molar refractivity (Wildman–Crippen MR) is 70.0 cm³/mol. The molecule has 1 N–H and O–H groups in total. The van der Waals surface area contributed by atoms with E-state index in [0.29, 0.717) is 0 Å². The van der Waals surface area contributed by atoms with Crippen molar-refractivity contribution in [1.82, 2.24) is 5.32 Å². The fourth-order valence-corrected chi connectivity index (χ4v) is 1.89. The molecular formula is C15H19NO. The first-order chi connectivity index (χ1) is 8.24. The van der Waals surface area contributed by atoms with Gasteiger partial charge in [0.05, 0.1) is 6.54 Å². The lowest BCUT2D eigenvalue weighted by atomic mass is 10.1. The van der Waals surface area contributed by atoms with Crippen LogP contribution in [0.15, 0.2) is 40.8 Å². The number of furan rings is 1. The van der Waals surface area contributed by atoms with Gasteiger partial charge in [-0.05, 0) is 44.5 Å². The first-order valence-corrected chi connectivity index (χ1v) is 6.05. The van der Waals surface area contributed by atoms with Crippen molar-refractivity contribution in [3.05, 3.63) is 59.0 Å². The van der Waals surface area contributed by atoms with E-state index in [9.17, 15) is 0 Å². The van der Waals surface area contributed by atoms with Crippen molar-refractivity contribution in [2.45, 2.75) is 26.8 Å². The molecular weight excluding hydrogens is 210 g/mol. The molecule has 1 aromatic heterocycles. The maximum Gasteiger partial charge on any atom is 0.117 e. The van der Waals surface area contributed by atoms with Gasteiger partial charge in [0.1, 0.15) is 11.5 Å². The van der Waals surface area contributed by atoms with Gasteiger partial charge >= 0.3 is 0 Å². The van der Waals surface area contributed by atoms with Crippen LogP contribution in [0, 0.1) is 13.8 Å². The Morgan fingerprint density at radius 3 is 2.71 bits per heavy atom. The largest absolute Gasteiger partial charge is 0.465 e. The van der Waals surface area contributed by atoms with Gasteiger partial charge in [-0.2, -0.15) is 0 Å². The van der Waals surface area contributed by atoms with E-state index in [-0.39, 0.29) is 0 Å². The minimum absolute atomic E-state index is 0.805. The van der Waals surface area contributed by atoms with Crippen LogP contribution in [0.1, 0.15) is 22.6 Å². The summed E-state index contributed by atoms with van der Waals surface area (Å²) < 4.78 is 5.49. The molecule has 17 heavy (non-hydrogen) atoms. The highest BCUT2D eigenvalue weighted by Gasteiger charge is 1.98. The molecule has 0 aliphatic carbocycles. The van der Waals surface area contributed by atoms with E-state index >= 15 is 0 Å². The Balaban J connectivity index is 1.73. The molecule has 0 atom stereocenters. The van der Waals surface area contributed by atoms with Gasteiger partial charge < -0.3 is 9.73 Å². The zero-order chi connectivity index (χ0) is 12.1. The Bertz CT molecular complexity index is 473. The van der Waals surface area contributed by atoms with Gasteiger partial charge in [-0.25, -0.2) is 0 Å². The zero-order valence-electron chi connectivity index (χ0n) is 10.5. The summed E-state index contributed by atoms with van der Waals surface area (Å²) in [6.45, 7) is 5.88. The molecule has 0 unspecified atom stereocenters. The minimum Gasteiger partial charge on any atom is -0.465 e. The van der Waals surface area contributed by atoms with Crippen molar-refractivity contribution in [3.63, 3.8) is 0 Å². The summed E-state index contributed by atoms with van der Waals surface area (Å²) in [6.07, 6.45) is 1.06. The Morgan fingerprint density at radius 2 is 2.00 bits per heavy atom. The van der Waals surface area contributed by atoms with Crippen LogP contribution in [0.25, 0.3) is 0 Å². The molecule has 0 radical (unpaired) electrons. The Labute approximate surface area is 103 Å². The first kappa shape index (κ1) is 11.9. The van der Waals surface area contributed by atoms with Gasteiger partial charge in [-0.15, -0.1) is 0 Å². The van der Waals surface area contributed by atoms with Gasteiger partial charge in [-0.3, -0.25) is 0 Å². The molecule has 0 bridgehead atoms. The standard InChI is InChI=1S/C15H19NO/c1-12-4-3-5-14(10-12)8-9-16-11-15-7-6-13(2)17-15/h3-7,10,16H,8-9,11H2,1-2H3. The van der Waals surface area contributed by atoms with Crippen LogP contribution in [0.2, 0.25) is 0 Å². The van der Waals surface area contributed by atoms with Crippen LogP contribution in [-0.2, 0) is 13.0 Å². The van der Waals surface area contributed by atoms with Crippen LogP contribution in [0.4, 0.5) is 0 Å². The summed E-state index contributed by atoms with van der Waals surface area (Å²) >= 11 is 0. The van der Waals surface area contributed by atoms with Gasteiger partial charge in [0.2, 0.25) is 0 Å². The molecule has 2 nitrogen and oxygen atoms in total. The number of aryl methyl sites for hydroxylation is 2. The van der Waals surface area contributed by atoms with Crippen molar-refractivity contribution in [1.29, 1.82) is 0 Å². The lowest BCUT2D eigenvalue weighted by Gasteiger charge is -2.04. The highest BCUT2D eigenvalue weighted by atomic mass is 16.3. The highest BCUT2D eigenvalue weighted by Crippen LogP contribution is 2.06. The summed E-state index contributed by atoms with van der Waals surface area (Å²) in [4.78, 5) is 0. The molecule has 0 aliphatic rings. The second-order valence-electron chi connectivity index (χ2n) is 4.43. The molecule has 1 aromatic carbocycles. The lowest BCUT2D eigenvalue weighted by Crippen LogP contribution is -2.16. The average Bonchev–Trinajstić information content (AvgIpc) is 2.71. The number of benzene rings is 1. The molecule has 2 heteroatoms. The van der Waals surface area contributed by atoms with Crippen LogP contribution >= 0.6 is 0 Å². The van der Waals surface area contributed by atoms with Crippen molar-refractivity contribution >= 4 is 0 Å². The fourth-order valence-electron chi connectivity index (χ4n) is 1.89. The molecule has 1 heterocycles. The van der Waals surface area contributed by atoms with E-state index in [0.717, 1.165) is 31.0 Å². The van der Waals surface area contributed by atoms with Gasteiger partial charge in [0.15, 0.2) is 0 Å². The van der Waals surface area contributed by atoms with E-state index in [1.807, 2.05) is 19.1 Å². The molecule has 2 aromatic rings. The van der Waals surface area contributed by atoms with Gasteiger partial charge in [0.25, 0.3) is 0 Å². The zero-order valence-corrected chi connectivity index (χ0v) is 10.5. The molecule has 2 rings (SSSR count). The van der Waals surface area contributed by atoms with Crippen molar-refractivity contribution in [3.8, 4) is 0 Å². The van der Waals surface area contributed by atoms with Crippen LogP contribution in [0.5, 0.6) is 0 Å². The smallest absolute Gasteiger partial charge is 0.117 e. The van der Waals surface area contributed by atoms with Crippen LogP contribution < -0.4 is 5.32 Å². The molecule has 0 fully saturated rings. The lowest BCUT2D eigenvalue weighted by molar-refractivity contribution is 0.463. The maximum atomic E-state index is 5.49. The summed E-state index contributed by atoms with van der Waals surface area (Å²) in [7, 11) is 0. The maximum absolute atomic E-state index is 5.49. The number of hydrogen-bond donors (Lipinski definition) is 1. The molecule has 0 amide bonds. The quantitative estimate of drug-likeness (QED) is 0.796. The van der Waals surface area contributed by atoms with E-state index in [1.165, 1.54) is 11.1 Å². The third kappa shape index (κ3) is 3.75. The fraction of sp³-hybridized carbons (Fsp3) is 0.333. The minimum atomic E-state index is 0.805. The number of rotatable bonds is 5. The topological polar surface area (TPSA) is 25.2 Å². The van der Waals surface area contributed by atoms with Crippen molar-refractivity contribution in [2.75, 3.05) is 6.54 Å². The molecule has 0 saturated carbocycles. The van der Waals surface area contributed by atoms with Crippen LogP contribution in [0.3, 0.4) is 0 Å². The monoisotopic (exact) mass is 229 g/mol. The van der Waals surface area contributed by atoms with E-state index in [1.54, 1.807) is 0 Å². The highest BCUT2D eigenvalue weighted by molar-refractivity contribution is 5.22. The summed E-state index contributed by atoms with van der Waals surface area (Å²) in [5.74, 6) is 1.98. The second-order valence-corrected chi connectivity index (χ2v) is 4.43. The molecule has 0 saturated heterocycles. The average molecular weight is 229 g/mol. The first-order valence-electron chi connectivity index (χ1n) is 6.05. The number of hydrogen-bond acceptors (Lipinski definition) is 2. The third-order valence-electron chi connectivity index (χ3n) is 2.77. The molecule has 0 spiro atoms. The van der Waals surface area contributed by atoms with E-state index < -0.39 is 0 Å².